The van der Waals surface area contributed by atoms with Crippen LogP contribution in [-0.4, -0.2) is 21.0 Å². The van der Waals surface area contributed by atoms with E-state index in [0.717, 1.165) is 5.56 Å². The van der Waals surface area contributed by atoms with Gasteiger partial charge in [-0.05, 0) is 19.1 Å². The largest absolute Gasteiger partial charge is 0.476 e. The van der Waals surface area contributed by atoms with E-state index in [1.807, 2.05) is 6.07 Å². The maximum Gasteiger partial charge on any atom is 0.355 e. The average Bonchev–Trinajstić information content (AvgIpc) is 2.30. The zero-order valence-corrected chi connectivity index (χ0v) is 8.71. The Morgan fingerprint density at radius 2 is 2.12 bits per heavy atom. The second-order valence-electron chi connectivity index (χ2n) is 3.40. The molecule has 4 heteroatoms. The van der Waals surface area contributed by atoms with Crippen LogP contribution in [0.15, 0.2) is 36.7 Å². The first-order valence-corrected chi connectivity index (χ1v) is 4.80. The van der Waals surface area contributed by atoms with Gasteiger partial charge in [-0.25, -0.2) is 9.78 Å². The first kappa shape index (κ1) is 10.3. The normalized spacial score (nSPS) is 10.1. The smallest absolute Gasteiger partial charge is 0.355 e. The number of aryl methyl sites for hydroxylation is 1. The summed E-state index contributed by atoms with van der Waals surface area (Å²) in [7, 11) is 0. The number of carbonyl (C=O) groups is 1. The van der Waals surface area contributed by atoms with E-state index in [1.54, 1.807) is 37.5 Å². The number of aromatic carboxylic acids is 1. The number of rotatable bonds is 2. The van der Waals surface area contributed by atoms with Crippen molar-refractivity contribution in [3.63, 3.8) is 0 Å². The van der Waals surface area contributed by atoms with Crippen LogP contribution in [0.4, 0.5) is 0 Å². The van der Waals surface area contributed by atoms with Gasteiger partial charge >= 0.3 is 5.97 Å². The number of pyridine rings is 2. The average molecular weight is 214 g/mol. The summed E-state index contributed by atoms with van der Waals surface area (Å²) in [5.41, 5.74) is 2.09. The number of carboxylic acids is 1. The molecular weight excluding hydrogens is 204 g/mol. The molecule has 4 nitrogen and oxygen atoms in total. The summed E-state index contributed by atoms with van der Waals surface area (Å²) in [5.74, 6) is -1.03. The van der Waals surface area contributed by atoms with E-state index in [-0.39, 0.29) is 5.69 Å². The van der Waals surface area contributed by atoms with Crippen LogP contribution in [0.3, 0.4) is 0 Å². The molecule has 0 radical (unpaired) electrons. The predicted octanol–water partition coefficient (Wildman–Crippen LogP) is 2.15. The molecule has 0 unspecified atom stereocenters. The topological polar surface area (TPSA) is 63.1 Å². The maximum absolute atomic E-state index is 11.1. The molecule has 16 heavy (non-hydrogen) atoms. The van der Waals surface area contributed by atoms with Gasteiger partial charge in [0.2, 0.25) is 0 Å². The lowest BCUT2D eigenvalue weighted by atomic mass is 10.1. The van der Waals surface area contributed by atoms with Gasteiger partial charge in [-0.1, -0.05) is 12.1 Å². The van der Waals surface area contributed by atoms with Crippen LogP contribution in [0, 0.1) is 6.92 Å². The van der Waals surface area contributed by atoms with E-state index in [2.05, 4.69) is 9.97 Å². The minimum Gasteiger partial charge on any atom is -0.476 e. The van der Waals surface area contributed by atoms with Crippen molar-refractivity contribution in [2.75, 3.05) is 0 Å². The Balaban J connectivity index is 2.61. The highest BCUT2D eigenvalue weighted by atomic mass is 16.4. The number of nitrogens with zero attached hydrogens (tertiary/aromatic N) is 2. The molecule has 2 aromatic heterocycles. The molecule has 0 fully saturated rings. The first-order chi connectivity index (χ1) is 7.68. The fourth-order valence-corrected chi connectivity index (χ4v) is 1.47. The fourth-order valence-electron chi connectivity index (χ4n) is 1.47. The monoisotopic (exact) mass is 214 g/mol. The highest BCUT2D eigenvalue weighted by molar-refractivity contribution is 5.93. The van der Waals surface area contributed by atoms with Crippen molar-refractivity contribution in [1.82, 2.24) is 9.97 Å². The minimum atomic E-state index is -1.03. The molecule has 0 saturated carbocycles. The van der Waals surface area contributed by atoms with Gasteiger partial charge in [0.1, 0.15) is 0 Å². The second-order valence-corrected chi connectivity index (χ2v) is 3.40. The lowest BCUT2D eigenvalue weighted by molar-refractivity contribution is 0.0691. The van der Waals surface area contributed by atoms with Crippen molar-refractivity contribution in [2.45, 2.75) is 6.92 Å². The van der Waals surface area contributed by atoms with Gasteiger partial charge in [0.25, 0.3) is 0 Å². The summed E-state index contributed by atoms with van der Waals surface area (Å²) in [4.78, 5) is 19.0. The molecule has 0 amide bonds. The van der Waals surface area contributed by atoms with Crippen LogP contribution in [0.5, 0.6) is 0 Å². The number of aromatic nitrogens is 2. The lowest BCUT2D eigenvalue weighted by Crippen LogP contribution is -2.04. The Hall–Kier alpha value is -2.23. The van der Waals surface area contributed by atoms with Gasteiger partial charge in [-0.15, -0.1) is 0 Å². The molecule has 2 aromatic rings. The molecule has 0 spiro atoms. The quantitative estimate of drug-likeness (QED) is 0.831. The van der Waals surface area contributed by atoms with E-state index in [9.17, 15) is 4.79 Å². The highest BCUT2D eigenvalue weighted by Gasteiger charge is 2.13. The summed E-state index contributed by atoms with van der Waals surface area (Å²) in [5, 5.41) is 9.07. The van der Waals surface area contributed by atoms with Crippen molar-refractivity contribution >= 4 is 5.97 Å². The standard InChI is InChI=1S/C12H10N2O2/c1-8-4-5-10(11(14-8)12(15)16)9-3-2-6-13-7-9/h2-7H,1H3,(H,15,16). The van der Waals surface area contributed by atoms with E-state index < -0.39 is 5.97 Å². The third-order valence-electron chi connectivity index (χ3n) is 2.21. The molecule has 2 heterocycles. The van der Waals surface area contributed by atoms with Gasteiger partial charge in [-0.2, -0.15) is 0 Å². The molecular formula is C12H10N2O2. The molecule has 2 rings (SSSR count). The van der Waals surface area contributed by atoms with Crippen molar-refractivity contribution in [3.05, 3.63) is 48.0 Å². The zero-order chi connectivity index (χ0) is 11.5. The summed E-state index contributed by atoms with van der Waals surface area (Å²) < 4.78 is 0. The SMILES string of the molecule is Cc1ccc(-c2cccnc2)c(C(=O)O)n1. The van der Waals surface area contributed by atoms with Gasteiger partial charge < -0.3 is 5.11 Å². The molecule has 80 valence electrons. The lowest BCUT2D eigenvalue weighted by Gasteiger charge is -2.05. The van der Waals surface area contributed by atoms with Crippen LogP contribution in [0.25, 0.3) is 11.1 Å². The van der Waals surface area contributed by atoms with E-state index in [0.29, 0.717) is 11.3 Å². The Labute approximate surface area is 92.6 Å². The van der Waals surface area contributed by atoms with E-state index in [1.165, 1.54) is 0 Å². The molecule has 0 aliphatic rings. The molecule has 0 aliphatic heterocycles. The second kappa shape index (κ2) is 4.10. The number of carboxylic acid groups (broad SMARTS) is 1. The van der Waals surface area contributed by atoms with Crippen LogP contribution in [0.2, 0.25) is 0 Å². The molecule has 0 aliphatic carbocycles. The van der Waals surface area contributed by atoms with Gasteiger partial charge in [0.15, 0.2) is 5.69 Å². The van der Waals surface area contributed by atoms with Crippen LogP contribution in [0.1, 0.15) is 16.2 Å². The Bertz CT molecular complexity index is 524. The molecule has 0 saturated heterocycles. The third-order valence-corrected chi connectivity index (χ3v) is 2.21. The van der Waals surface area contributed by atoms with Crippen LogP contribution in [-0.2, 0) is 0 Å². The summed E-state index contributed by atoms with van der Waals surface area (Å²) >= 11 is 0. The first-order valence-electron chi connectivity index (χ1n) is 4.80. The molecule has 0 bridgehead atoms. The van der Waals surface area contributed by atoms with Gasteiger partial charge in [-0.3, -0.25) is 4.98 Å². The van der Waals surface area contributed by atoms with Crippen LogP contribution < -0.4 is 0 Å². The Morgan fingerprint density at radius 1 is 1.31 bits per heavy atom. The maximum atomic E-state index is 11.1. The van der Waals surface area contributed by atoms with E-state index in [4.69, 9.17) is 5.11 Å². The Kier molecular flexibility index (Phi) is 2.64. The highest BCUT2D eigenvalue weighted by Crippen LogP contribution is 2.21. The zero-order valence-electron chi connectivity index (χ0n) is 8.71. The molecule has 0 atom stereocenters. The fraction of sp³-hybridized carbons (Fsp3) is 0.0833. The molecule has 1 N–H and O–H groups in total. The summed E-state index contributed by atoms with van der Waals surface area (Å²) in [6, 6.07) is 7.12. The van der Waals surface area contributed by atoms with Crippen molar-refractivity contribution in [2.24, 2.45) is 0 Å². The minimum absolute atomic E-state index is 0.0630. The van der Waals surface area contributed by atoms with Crippen molar-refractivity contribution in [3.8, 4) is 11.1 Å². The Morgan fingerprint density at radius 3 is 2.75 bits per heavy atom. The predicted molar refractivity (Wildman–Crippen MR) is 59.2 cm³/mol. The van der Waals surface area contributed by atoms with Gasteiger partial charge in [0.05, 0.1) is 0 Å². The van der Waals surface area contributed by atoms with Crippen LogP contribution >= 0.6 is 0 Å². The summed E-state index contributed by atoms with van der Waals surface area (Å²) in [6.45, 7) is 1.76. The van der Waals surface area contributed by atoms with Gasteiger partial charge in [0, 0.05) is 29.2 Å². The number of hydrogen-bond acceptors (Lipinski definition) is 3. The third kappa shape index (κ3) is 1.91. The summed E-state index contributed by atoms with van der Waals surface area (Å²) in [6.07, 6.45) is 3.27. The number of hydrogen-bond donors (Lipinski definition) is 1. The van der Waals surface area contributed by atoms with E-state index >= 15 is 0 Å². The molecule has 0 aromatic carbocycles. The van der Waals surface area contributed by atoms with Crippen molar-refractivity contribution in [1.29, 1.82) is 0 Å². The van der Waals surface area contributed by atoms with Crippen molar-refractivity contribution < 1.29 is 9.90 Å².